The summed E-state index contributed by atoms with van der Waals surface area (Å²) in [5.74, 6) is 0.983. The number of ether oxygens (including phenoxy) is 1. The molecule has 0 unspecified atom stereocenters. The monoisotopic (exact) mass is 410 g/mol. The first kappa shape index (κ1) is 19.8. The lowest BCUT2D eigenvalue weighted by molar-refractivity contribution is 0.0525. The number of nitrogens with one attached hydrogen (secondary N) is 1. The number of thiophene rings is 1. The molecule has 3 aromatic rings. The zero-order valence-corrected chi connectivity index (χ0v) is 17.5. The average Bonchev–Trinajstić information content (AvgIpc) is 3.17. The molecular weight excluding hydrogens is 384 g/mol. The van der Waals surface area contributed by atoms with Crippen molar-refractivity contribution in [2.24, 2.45) is 5.92 Å². The maximum Gasteiger partial charge on any atom is 0.341 e. The Morgan fingerprint density at radius 3 is 2.72 bits per heavy atom. The van der Waals surface area contributed by atoms with E-state index in [1.165, 1.54) is 15.0 Å². The van der Waals surface area contributed by atoms with Crippen molar-refractivity contribution < 1.29 is 9.53 Å². The third kappa shape index (κ3) is 4.92. The van der Waals surface area contributed by atoms with Crippen molar-refractivity contribution in [2.45, 2.75) is 26.3 Å². The molecule has 152 valence electrons. The van der Waals surface area contributed by atoms with E-state index in [-0.39, 0.29) is 5.97 Å². The van der Waals surface area contributed by atoms with Crippen LogP contribution in [-0.2, 0) is 11.3 Å². The van der Waals surface area contributed by atoms with Gasteiger partial charge in [0.05, 0.1) is 12.2 Å². The summed E-state index contributed by atoms with van der Waals surface area (Å²) >= 11 is 1.87. The third-order valence-corrected chi connectivity index (χ3v) is 6.37. The average molecular weight is 411 g/mol. The van der Waals surface area contributed by atoms with Crippen molar-refractivity contribution in [3.63, 3.8) is 0 Å². The Kier molecular flexibility index (Phi) is 6.36. The predicted molar refractivity (Wildman–Crippen MR) is 116 cm³/mol. The second-order valence-electron chi connectivity index (χ2n) is 7.30. The quantitative estimate of drug-likeness (QED) is 0.597. The summed E-state index contributed by atoms with van der Waals surface area (Å²) in [6.45, 7) is 5.98. The molecule has 0 spiro atoms. The Morgan fingerprint density at radius 1 is 1.24 bits per heavy atom. The summed E-state index contributed by atoms with van der Waals surface area (Å²) in [4.78, 5) is 24.0. The minimum Gasteiger partial charge on any atom is -0.462 e. The Bertz CT molecular complexity index is 916. The summed E-state index contributed by atoms with van der Waals surface area (Å²) in [7, 11) is 0. The van der Waals surface area contributed by atoms with E-state index in [9.17, 15) is 4.79 Å². The Balaban J connectivity index is 1.22. The number of anilines is 1. The number of nitrogens with zero attached hydrogens (tertiary/aromatic N) is 3. The second-order valence-corrected chi connectivity index (χ2v) is 8.47. The van der Waals surface area contributed by atoms with Gasteiger partial charge in [0.15, 0.2) is 0 Å². The van der Waals surface area contributed by atoms with Crippen LogP contribution in [0.2, 0.25) is 0 Å². The molecule has 3 heterocycles. The maximum atomic E-state index is 11.7. The van der Waals surface area contributed by atoms with Gasteiger partial charge < -0.3 is 15.0 Å². The molecule has 7 heteroatoms. The molecule has 1 saturated heterocycles. The van der Waals surface area contributed by atoms with Gasteiger partial charge >= 0.3 is 5.97 Å². The maximum absolute atomic E-state index is 11.7. The number of fused-ring (bicyclic) bond motifs is 1. The highest BCUT2D eigenvalue weighted by molar-refractivity contribution is 7.19. The topological polar surface area (TPSA) is 67.3 Å². The number of carbonyl (C=O) groups is 1. The van der Waals surface area contributed by atoms with E-state index < -0.39 is 0 Å². The van der Waals surface area contributed by atoms with Gasteiger partial charge in [-0.05, 0) is 49.7 Å². The van der Waals surface area contributed by atoms with Crippen LogP contribution in [0.3, 0.4) is 0 Å². The van der Waals surface area contributed by atoms with Crippen LogP contribution in [0.25, 0.3) is 10.1 Å². The largest absolute Gasteiger partial charge is 0.462 e. The fourth-order valence-electron chi connectivity index (χ4n) is 3.66. The van der Waals surface area contributed by atoms with Crippen LogP contribution in [0.4, 0.5) is 5.95 Å². The number of rotatable bonds is 7. The van der Waals surface area contributed by atoms with E-state index in [2.05, 4.69) is 50.5 Å². The zero-order valence-electron chi connectivity index (χ0n) is 16.6. The molecule has 0 amide bonds. The molecule has 0 atom stereocenters. The number of aromatic nitrogens is 2. The van der Waals surface area contributed by atoms with Gasteiger partial charge in [0.2, 0.25) is 5.95 Å². The van der Waals surface area contributed by atoms with Crippen molar-refractivity contribution in [2.75, 3.05) is 31.1 Å². The highest BCUT2D eigenvalue weighted by atomic mass is 32.1. The SMILES string of the molecule is CCOC(=O)c1cnc(N2CCC(CNCc3cc4ccccc4s3)CC2)nc1. The normalized spacial score (nSPS) is 15.0. The molecule has 4 rings (SSSR count). The fourth-order valence-corrected chi connectivity index (χ4v) is 4.70. The van der Waals surface area contributed by atoms with Crippen molar-refractivity contribution >= 4 is 33.3 Å². The van der Waals surface area contributed by atoms with E-state index in [1.807, 2.05) is 11.3 Å². The summed E-state index contributed by atoms with van der Waals surface area (Å²) in [5.41, 5.74) is 0.399. The van der Waals surface area contributed by atoms with Crippen molar-refractivity contribution in [3.05, 3.63) is 53.2 Å². The van der Waals surface area contributed by atoms with Gasteiger partial charge in [-0.15, -0.1) is 11.3 Å². The highest BCUT2D eigenvalue weighted by Gasteiger charge is 2.21. The summed E-state index contributed by atoms with van der Waals surface area (Å²) in [6.07, 6.45) is 5.34. The third-order valence-electron chi connectivity index (χ3n) is 5.26. The summed E-state index contributed by atoms with van der Waals surface area (Å²) < 4.78 is 6.33. The van der Waals surface area contributed by atoms with Gasteiger partial charge in [-0.2, -0.15) is 0 Å². The zero-order chi connectivity index (χ0) is 20.1. The lowest BCUT2D eigenvalue weighted by Gasteiger charge is -2.32. The predicted octanol–water partition coefficient (Wildman–Crippen LogP) is 3.87. The fraction of sp³-hybridized carbons (Fsp3) is 0.409. The summed E-state index contributed by atoms with van der Waals surface area (Å²) in [6, 6.07) is 10.8. The smallest absolute Gasteiger partial charge is 0.341 e. The molecule has 0 bridgehead atoms. The number of esters is 1. The molecule has 1 aliphatic heterocycles. The molecule has 0 radical (unpaired) electrons. The van der Waals surface area contributed by atoms with Crippen molar-refractivity contribution in [1.29, 1.82) is 0 Å². The number of piperidine rings is 1. The van der Waals surface area contributed by atoms with E-state index in [1.54, 1.807) is 19.3 Å². The summed E-state index contributed by atoms with van der Waals surface area (Å²) in [5, 5.41) is 4.96. The number of benzene rings is 1. The molecule has 2 aromatic heterocycles. The first-order chi connectivity index (χ1) is 14.2. The second kappa shape index (κ2) is 9.33. The van der Waals surface area contributed by atoms with E-state index in [4.69, 9.17) is 4.74 Å². The van der Waals surface area contributed by atoms with Crippen molar-refractivity contribution in [3.8, 4) is 0 Å². The molecule has 29 heavy (non-hydrogen) atoms. The van der Waals surface area contributed by atoms with Gasteiger partial charge in [-0.1, -0.05) is 18.2 Å². The molecule has 1 fully saturated rings. The van der Waals surface area contributed by atoms with Gasteiger partial charge in [0.25, 0.3) is 0 Å². The first-order valence-corrected chi connectivity index (χ1v) is 11.0. The Morgan fingerprint density at radius 2 is 2.00 bits per heavy atom. The standard InChI is InChI=1S/C22H26N4O2S/c1-2-28-21(27)18-13-24-22(25-14-18)26-9-7-16(8-10-26)12-23-15-19-11-17-5-3-4-6-20(17)29-19/h3-6,11,13-14,16,23H,2,7-10,12,15H2,1H3. The van der Waals surface area contributed by atoms with Gasteiger partial charge in [-0.25, -0.2) is 14.8 Å². The lowest BCUT2D eigenvalue weighted by Crippen LogP contribution is -2.38. The highest BCUT2D eigenvalue weighted by Crippen LogP contribution is 2.25. The van der Waals surface area contributed by atoms with Crippen LogP contribution in [0.5, 0.6) is 0 Å². The van der Waals surface area contributed by atoms with Gasteiger partial charge in [0.1, 0.15) is 0 Å². The lowest BCUT2D eigenvalue weighted by atomic mass is 9.97. The molecular formula is C22H26N4O2S. The minimum atomic E-state index is -0.373. The van der Waals surface area contributed by atoms with E-state index in [0.717, 1.165) is 39.0 Å². The molecule has 0 saturated carbocycles. The van der Waals surface area contributed by atoms with E-state index in [0.29, 0.717) is 24.0 Å². The number of hydrogen-bond acceptors (Lipinski definition) is 7. The molecule has 6 nitrogen and oxygen atoms in total. The van der Waals surface area contributed by atoms with Crippen molar-refractivity contribution in [1.82, 2.24) is 15.3 Å². The molecule has 0 aliphatic carbocycles. The van der Waals surface area contributed by atoms with Crippen LogP contribution in [0.1, 0.15) is 35.0 Å². The minimum absolute atomic E-state index is 0.352. The van der Waals surface area contributed by atoms with Crippen LogP contribution in [0, 0.1) is 5.92 Å². The van der Waals surface area contributed by atoms with Gasteiger partial charge in [0, 0.05) is 41.6 Å². The molecule has 1 aliphatic rings. The molecule has 1 N–H and O–H groups in total. The molecule has 1 aromatic carbocycles. The first-order valence-electron chi connectivity index (χ1n) is 10.1. The van der Waals surface area contributed by atoms with Crippen LogP contribution in [-0.4, -0.2) is 42.2 Å². The Labute approximate surface area is 174 Å². The van der Waals surface area contributed by atoms with Crippen LogP contribution in [0.15, 0.2) is 42.7 Å². The number of hydrogen-bond donors (Lipinski definition) is 1. The van der Waals surface area contributed by atoms with Crippen LogP contribution < -0.4 is 10.2 Å². The van der Waals surface area contributed by atoms with Gasteiger partial charge in [-0.3, -0.25) is 0 Å². The van der Waals surface area contributed by atoms with Crippen LogP contribution >= 0.6 is 11.3 Å². The van der Waals surface area contributed by atoms with E-state index >= 15 is 0 Å². The Hall–Kier alpha value is -2.51. The number of carbonyl (C=O) groups excluding carboxylic acids is 1.